The largest absolute Gasteiger partial charge is 0.497 e. The van der Waals surface area contributed by atoms with Crippen LogP contribution >= 0.6 is 0 Å². The molecule has 4 heteroatoms. The first-order valence-corrected chi connectivity index (χ1v) is 5.01. The van der Waals surface area contributed by atoms with Crippen LogP contribution in [0.2, 0.25) is 0 Å². The zero-order valence-electron chi connectivity index (χ0n) is 9.18. The predicted octanol–water partition coefficient (Wildman–Crippen LogP) is 2.46. The van der Waals surface area contributed by atoms with Gasteiger partial charge in [-0.15, -0.1) is 0 Å². The Kier molecular flexibility index (Phi) is 3.14. The zero-order valence-corrected chi connectivity index (χ0v) is 9.18. The topological polar surface area (TPSA) is 39.2 Å². The van der Waals surface area contributed by atoms with E-state index in [1.807, 2.05) is 0 Å². The van der Waals surface area contributed by atoms with E-state index in [0.717, 1.165) is 0 Å². The summed E-state index contributed by atoms with van der Waals surface area (Å²) in [7, 11) is 1.46. The summed E-state index contributed by atoms with van der Waals surface area (Å²) < 4.78 is 18.5. The van der Waals surface area contributed by atoms with E-state index in [2.05, 4.69) is 4.98 Å². The first kappa shape index (κ1) is 11.3. The van der Waals surface area contributed by atoms with Gasteiger partial charge in [-0.25, -0.2) is 4.39 Å². The van der Waals surface area contributed by atoms with Crippen LogP contribution in [0.4, 0.5) is 4.39 Å². The van der Waals surface area contributed by atoms with E-state index >= 15 is 0 Å². The summed E-state index contributed by atoms with van der Waals surface area (Å²) in [5.41, 5.74) is 0.169. The van der Waals surface area contributed by atoms with Gasteiger partial charge in [0.05, 0.1) is 12.7 Å². The minimum atomic E-state index is -0.582. The smallest absolute Gasteiger partial charge is 0.214 e. The molecule has 86 valence electrons. The van der Waals surface area contributed by atoms with Gasteiger partial charge in [-0.3, -0.25) is 9.78 Å². The molecule has 1 aromatic heterocycles. The number of aromatic nitrogens is 1. The zero-order chi connectivity index (χ0) is 12.3. The molecule has 2 rings (SSSR count). The molecule has 0 radical (unpaired) electrons. The third kappa shape index (κ3) is 2.30. The fraction of sp³-hybridized carbons (Fsp3) is 0.0769. The molecule has 0 aliphatic carbocycles. The molecular formula is C13H10FNO2. The molecule has 0 unspecified atom stereocenters. The number of hydrogen-bond donors (Lipinski definition) is 0. The van der Waals surface area contributed by atoms with Crippen molar-refractivity contribution in [1.29, 1.82) is 0 Å². The van der Waals surface area contributed by atoms with Gasteiger partial charge in [-0.2, -0.15) is 0 Å². The first-order chi connectivity index (χ1) is 8.22. The molecule has 0 spiro atoms. The molecule has 3 nitrogen and oxygen atoms in total. The minimum absolute atomic E-state index is 0.0388. The maximum absolute atomic E-state index is 13.5. The van der Waals surface area contributed by atoms with Crippen LogP contribution in [-0.4, -0.2) is 17.9 Å². The third-order valence-corrected chi connectivity index (χ3v) is 2.32. The molecule has 0 bridgehead atoms. The highest BCUT2D eigenvalue weighted by Gasteiger charge is 2.15. The Morgan fingerprint density at radius 2 is 2.12 bits per heavy atom. The Morgan fingerprint density at radius 1 is 1.29 bits per heavy atom. The average molecular weight is 231 g/mol. The highest BCUT2D eigenvalue weighted by molar-refractivity contribution is 6.08. The molecular weight excluding hydrogens is 221 g/mol. The highest BCUT2D eigenvalue weighted by atomic mass is 19.1. The molecule has 1 aromatic carbocycles. The van der Waals surface area contributed by atoms with Crippen LogP contribution in [0, 0.1) is 5.82 Å². The third-order valence-electron chi connectivity index (χ3n) is 2.32. The quantitative estimate of drug-likeness (QED) is 0.762. The second kappa shape index (κ2) is 4.74. The predicted molar refractivity (Wildman–Crippen MR) is 60.6 cm³/mol. The Morgan fingerprint density at radius 3 is 2.76 bits per heavy atom. The lowest BCUT2D eigenvalue weighted by molar-refractivity contribution is 0.103. The Balaban J connectivity index is 2.44. The number of ketones is 1. The summed E-state index contributed by atoms with van der Waals surface area (Å²) in [6.07, 6.45) is 1.49. The summed E-state index contributed by atoms with van der Waals surface area (Å²) in [6.45, 7) is 0. The lowest BCUT2D eigenvalue weighted by atomic mass is 10.1. The molecule has 0 aliphatic heterocycles. The van der Waals surface area contributed by atoms with E-state index in [9.17, 15) is 9.18 Å². The highest BCUT2D eigenvalue weighted by Crippen LogP contribution is 2.18. The van der Waals surface area contributed by atoms with Gasteiger partial charge in [0.2, 0.25) is 5.78 Å². The number of methoxy groups -OCH3 is 1. The summed E-state index contributed by atoms with van der Waals surface area (Å²) in [6, 6.07) is 8.95. The van der Waals surface area contributed by atoms with Gasteiger partial charge in [0.25, 0.3) is 0 Å². The monoisotopic (exact) mass is 231 g/mol. The Labute approximate surface area is 97.9 Å². The molecule has 1 heterocycles. The van der Waals surface area contributed by atoms with Gasteiger partial charge < -0.3 is 4.74 Å². The van der Waals surface area contributed by atoms with Crippen molar-refractivity contribution in [3.63, 3.8) is 0 Å². The van der Waals surface area contributed by atoms with Crippen LogP contribution in [0.1, 0.15) is 16.1 Å². The van der Waals surface area contributed by atoms with Gasteiger partial charge in [-0.1, -0.05) is 6.07 Å². The summed E-state index contributed by atoms with van der Waals surface area (Å²) in [5.74, 6) is -0.603. The molecule has 0 amide bonds. The van der Waals surface area contributed by atoms with Crippen LogP contribution < -0.4 is 4.74 Å². The summed E-state index contributed by atoms with van der Waals surface area (Å²) >= 11 is 0. The molecule has 2 aromatic rings. The fourth-order valence-electron chi connectivity index (χ4n) is 1.44. The summed E-state index contributed by atoms with van der Waals surface area (Å²) in [4.78, 5) is 15.9. The molecule has 0 fully saturated rings. The molecule has 0 atom stereocenters. The van der Waals surface area contributed by atoms with Crippen LogP contribution in [0.15, 0.2) is 42.6 Å². The lowest BCUT2D eigenvalue weighted by Crippen LogP contribution is -2.06. The van der Waals surface area contributed by atoms with Crippen molar-refractivity contribution in [2.24, 2.45) is 0 Å². The van der Waals surface area contributed by atoms with E-state index in [1.165, 1.54) is 31.5 Å². The number of carbonyl (C=O) groups excluding carboxylic acids is 1. The lowest BCUT2D eigenvalue weighted by Gasteiger charge is -2.04. The van der Waals surface area contributed by atoms with E-state index in [4.69, 9.17) is 4.74 Å². The number of halogens is 1. The van der Waals surface area contributed by atoms with Gasteiger partial charge in [0.1, 0.15) is 17.3 Å². The molecule has 0 saturated heterocycles. The van der Waals surface area contributed by atoms with Crippen molar-refractivity contribution >= 4 is 5.78 Å². The van der Waals surface area contributed by atoms with Gasteiger partial charge in [-0.05, 0) is 30.3 Å². The van der Waals surface area contributed by atoms with Crippen molar-refractivity contribution in [2.45, 2.75) is 0 Å². The molecule has 0 N–H and O–H groups in total. The van der Waals surface area contributed by atoms with Gasteiger partial charge >= 0.3 is 0 Å². The second-order valence-corrected chi connectivity index (χ2v) is 3.39. The SMILES string of the molecule is COc1ccc(F)c(C(=O)c2ccccn2)c1. The van der Waals surface area contributed by atoms with E-state index in [0.29, 0.717) is 5.75 Å². The van der Waals surface area contributed by atoms with Crippen molar-refractivity contribution < 1.29 is 13.9 Å². The fourth-order valence-corrected chi connectivity index (χ4v) is 1.44. The Bertz CT molecular complexity index is 540. The van der Waals surface area contributed by atoms with Crippen molar-refractivity contribution in [3.8, 4) is 5.75 Å². The Hall–Kier alpha value is -2.23. The van der Waals surface area contributed by atoms with Crippen LogP contribution in [-0.2, 0) is 0 Å². The average Bonchev–Trinajstić information content (AvgIpc) is 2.39. The first-order valence-electron chi connectivity index (χ1n) is 5.01. The van der Waals surface area contributed by atoms with Crippen molar-refractivity contribution in [1.82, 2.24) is 4.98 Å². The number of hydrogen-bond acceptors (Lipinski definition) is 3. The van der Waals surface area contributed by atoms with Crippen LogP contribution in [0.25, 0.3) is 0 Å². The van der Waals surface area contributed by atoms with Gasteiger partial charge in [0.15, 0.2) is 0 Å². The number of nitrogens with zero attached hydrogens (tertiary/aromatic N) is 1. The van der Waals surface area contributed by atoms with E-state index in [-0.39, 0.29) is 11.3 Å². The standard InChI is InChI=1S/C13H10FNO2/c1-17-9-5-6-11(14)10(8-9)13(16)12-4-2-3-7-15-12/h2-8H,1H3. The maximum Gasteiger partial charge on any atom is 0.214 e. The molecule has 17 heavy (non-hydrogen) atoms. The number of ether oxygens (including phenoxy) is 1. The minimum Gasteiger partial charge on any atom is -0.497 e. The van der Waals surface area contributed by atoms with Crippen LogP contribution in [0.3, 0.4) is 0 Å². The van der Waals surface area contributed by atoms with Crippen LogP contribution in [0.5, 0.6) is 5.75 Å². The maximum atomic E-state index is 13.5. The van der Waals surface area contributed by atoms with E-state index in [1.54, 1.807) is 18.2 Å². The number of rotatable bonds is 3. The number of benzene rings is 1. The molecule has 0 saturated carbocycles. The van der Waals surface area contributed by atoms with E-state index < -0.39 is 11.6 Å². The number of carbonyl (C=O) groups is 1. The number of pyridine rings is 1. The second-order valence-electron chi connectivity index (χ2n) is 3.39. The normalized spacial score (nSPS) is 10.0. The van der Waals surface area contributed by atoms with Crippen molar-refractivity contribution in [3.05, 3.63) is 59.7 Å². The van der Waals surface area contributed by atoms with Gasteiger partial charge in [0, 0.05) is 6.20 Å². The van der Waals surface area contributed by atoms with Crippen molar-refractivity contribution in [2.75, 3.05) is 7.11 Å². The molecule has 0 aliphatic rings. The summed E-state index contributed by atoms with van der Waals surface area (Å²) in [5, 5.41) is 0.